The number of aromatic nitrogens is 2. The molecule has 0 N–H and O–H groups in total. The Balaban J connectivity index is 1.29. The molecule has 0 aliphatic rings. The van der Waals surface area contributed by atoms with Crippen molar-refractivity contribution < 1.29 is 14.0 Å². The van der Waals surface area contributed by atoms with Crippen LogP contribution < -0.4 is 9.47 Å². The van der Waals surface area contributed by atoms with Gasteiger partial charge >= 0.3 is 0 Å². The van der Waals surface area contributed by atoms with Gasteiger partial charge in [-0.25, -0.2) is 0 Å². The third kappa shape index (κ3) is 8.20. The molecule has 0 aliphatic carbocycles. The predicted molar refractivity (Wildman–Crippen MR) is 154 cm³/mol. The Morgan fingerprint density at radius 2 is 0.974 bits per heavy atom. The van der Waals surface area contributed by atoms with Crippen molar-refractivity contribution in [3.63, 3.8) is 0 Å². The van der Waals surface area contributed by atoms with Crippen molar-refractivity contribution in [3.05, 3.63) is 72.8 Å². The van der Waals surface area contributed by atoms with E-state index in [1.165, 1.54) is 44.9 Å². The molecule has 0 unspecified atom stereocenters. The van der Waals surface area contributed by atoms with Gasteiger partial charge in [-0.15, -0.1) is 0 Å². The molecule has 200 valence electrons. The smallest absolute Gasteiger partial charge is 0.258 e. The molecule has 1 aromatic heterocycles. The lowest BCUT2D eigenvalue weighted by Gasteiger charge is -2.07. The standard InChI is InChI=1S/C33H40N2O3/c1-3-5-7-9-11-25-37-31-22-18-29(19-23-31)33-34-32(35-38-33)28-14-12-26(13-15-28)27-16-20-30(21-17-27)36-24-10-8-6-4-2/h12-23H,3-11,24-25H2,1-2H3. The van der Waals surface area contributed by atoms with E-state index in [9.17, 15) is 0 Å². The monoisotopic (exact) mass is 512 g/mol. The number of nitrogens with zero attached hydrogens (tertiary/aromatic N) is 2. The molecule has 0 saturated heterocycles. The van der Waals surface area contributed by atoms with Gasteiger partial charge in [-0.3, -0.25) is 0 Å². The van der Waals surface area contributed by atoms with Crippen LogP contribution in [0.2, 0.25) is 0 Å². The van der Waals surface area contributed by atoms with Crippen molar-refractivity contribution in [2.24, 2.45) is 0 Å². The Kier molecular flexibility index (Phi) is 10.8. The van der Waals surface area contributed by atoms with Gasteiger partial charge in [0.15, 0.2) is 0 Å². The highest BCUT2D eigenvalue weighted by atomic mass is 16.5. The largest absolute Gasteiger partial charge is 0.494 e. The number of ether oxygens (including phenoxy) is 2. The number of benzene rings is 3. The fourth-order valence-corrected chi connectivity index (χ4v) is 4.32. The zero-order valence-electron chi connectivity index (χ0n) is 22.8. The second-order valence-electron chi connectivity index (χ2n) is 9.72. The lowest BCUT2D eigenvalue weighted by atomic mass is 10.0. The molecule has 0 atom stereocenters. The van der Waals surface area contributed by atoms with Crippen molar-refractivity contribution in [3.8, 4) is 45.5 Å². The minimum absolute atomic E-state index is 0.500. The summed E-state index contributed by atoms with van der Waals surface area (Å²) in [7, 11) is 0. The van der Waals surface area contributed by atoms with Crippen LogP contribution in [0, 0.1) is 0 Å². The SMILES string of the molecule is CCCCCCCOc1ccc(-c2nc(-c3ccc(-c4ccc(OCCCCCC)cc4)cc3)no2)cc1. The Bertz CT molecular complexity index is 1200. The molecule has 0 spiro atoms. The van der Waals surface area contributed by atoms with Gasteiger partial charge in [0.05, 0.1) is 13.2 Å². The van der Waals surface area contributed by atoms with Gasteiger partial charge in [0.25, 0.3) is 5.89 Å². The van der Waals surface area contributed by atoms with E-state index < -0.39 is 0 Å². The van der Waals surface area contributed by atoms with Gasteiger partial charge in [0.2, 0.25) is 5.82 Å². The van der Waals surface area contributed by atoms with E-state index >= 15 is 0 Å². The predicted octanol–water partition coefficient (Wildman–Crippen LogP) is 9.38. The molecule has 0 amide bonds. The minimum atomic E-state index is 0.500. The zero-order valence-corrected chi connectivity index (χ0v) is 22.8. The molecule has 0 radical (unpaired) electrons. The highest BCUT2D eigenvalue weighted by molar-refractivity contribution is 5.68. The number of unbranched alkanes of at least 4 members (excludes halogenated alkanes) is 7. The number of rotatable bonds is 16. The molecule has 38 heavy (non-hydrogen) atoms. The van der Waals surface area contributed by atoms with E-state index in [2.05, 4.69) is 48.3 Å². The van der Waals surface area contributed by atoms with Crippen LogP contribution in [0.3, 0.4) is 0 Å². The normalized spacial score (nSPS) is 11.0. The molecule has 4 rings (SSSR count). The van der Waals surface area contributed by atoms with Crippen molar-refractivity contribution in [2.75, 3.05) is 13.2 Å². The fourth-order valence-electron chi connectivity index (χ4n) is 4.32. The highest BCUT2D eigenvalue weighted by Crippen LogP contribution is 2.27. The molecule has 0 bridgehead atoms. The van der Waals surface area contributed by atoms with Crippen molar-refractivity contribution in [1.82, 2.24) is 10.1 Å². The lowest BCUT2D eigenvalue weighted by Crippen LogP contribution is -1.97. The Hall–Kier alpha value is -3.60. The van der Waals surface area contributed by atoms with Gasteiger partial charge in [0.1, 0.15) is 11.5 Å². The molecule has 0 aliphatic heterocycles. The molecule has 3 aromatic carbocycles. The maximum atomic E-state index is 5.87. The van der Waals surface area contributed by atoms with Crippen LogP contribution in [0.1, 0.15) is 71.6 Å². The van der Waals surface area contributed by atoms with Gasteiger partial charge in [-0.2, -0.15) is 4.98 Å². The topological polar surface area (TPSA) is 57.4 Å². The summed E-state index contributed by atoms with van der Waals surface area (Å²) in [6.07, 6.45) is 11.0. The first kappa shape index (κ1) is 27.4. The van der Waals surface area contributed by atoms with Crippen molar-refractivity contribution >= 4 is 0 Å². The average molecular weight is 513 g/mol. The second kappa shape index (κ2) is 15.0. The number of hydrogen-bond donors (Lipinski definition) is 0. The van der Waals surface area contributed by atoms with Crippen molar-refractivity contribution in [1.29, 1.82) is 0 Å². The first-order valence-electron chi connectivity index (χ1n) is 14.2. The summed E-state index contributed by atoms with van der Waals surface area (Å²) in [5, 5.41) is 4.20. The molecule has 5 nitrogen and oxygen atoms in total. The first-order chi connectivity index (χ1) is 18.8. The summed E-state index contributed by atoms with van der Waals surface area (Å²) < 4.78 is 17.3. The van der Waals surface area contributed by atoms with Gasteiger partial charge < -0.3 is 14.0 Å². The van der Waals surface area contributed by atoms with Gasteiger partial charge in [-0.05, 0) is 60.4 Å². The van der Waals surface area contributed by atoms with Crippen LogP contribution in [0.25, 0.3) is 34.0 Å². The third-order valence-corrected chi connectivity index (χ3v) is 6.64. The van der Waals surface area contributed by atoms with Crippen molar-refractivity contribution in [2.45, 2.75) is 71.6 Å². The molecule has 0 fully saturated rings. The second-order valence-corrected chi connectivity index (χ2v) is 9.72. The van der Waals surface area contributed by atoms with Crippen LogP contribution >= 0.6 is 0 Å². The van der Waals surface area contributed by atoms with E-state index in [1.807, 2.05) is 48.5 Å². The summed E-state index contributed by atoms with van der Waals surface area (Å²) in [4.78, 5) is 4.61. The summed E-state index contributed by atoms with van der Waals surface area (Å²) in [6, 6.07) is 24.4. The quantitative estimate of drug-likeness (QED) is 0.140. The summed E-state index contributed by atoms with van der Waals surface area (Å²) in [5.74, 6) is 2.86. The molecular formula is C33H40N2O3. The molecular weight excluding hydrogens is 472 g/mol. The molecule has 5 heteroatoms. The van der Waals surface area contributed by atoms with E-state index in [0.717, 1.165) is 59.8 Å². The summed E-state index contributed by atoms with van der Waals surface area (Å²) >= 11 is 0. The van der Waals surface area contributed by atoms with E-state index in [-0.39, 0.29) is 0 Å². The van der Waals surface area contributed by atoms with Crippen LogP contribution in [0.5, 0.6) is 11.5 Å². The van der Waals surface area contributed by atoms with Gasteiger partial charge in [-0.1, -0.05) is 100 Å². The zero-order chi connectivity index (χ0) is 26.4. The first-order valence-corrected chi connectivity index (χ1v) is 14.2. The minimum Gasteiger partial charge on any atom is -0.494 e. The van der Waals surface area contributed by atoms with E-state index in [4.69, 9.17) is 14.0 Å². The molecule has 4 aromatic rings. The van der Waals surface area contributed by atoms with E-state index in [1.54, 1.807) is 0 Å². The average Bonchev–Trinajstić information content (AvgIpc) is 3.46. The van der Waals surface area contributed by atoms with Crippen LogP contribution in [-0.2, 0) is 0 Å². The molecule has 1 heterocycles. The van der Waals surface area contributed by atoms with Crippen LogP contribution in [-0.4, -0.2) is 23.4 Å². The van der Waals surface area contributed by atoms with Crippen LogP contribution in [0.15, 0.2) is 77.3 Å². The fraction of sp³-hybridized carbons (Fsp3) is 0.394. The maximum absolute atomic E-state index is 5.87. The van der Waals surface area contributed by atoms with E-state index in [0.29, 0.717) is 11.7 Å². The van der Waals surface area contributed by atoms with Gasteiger partial charge in [0, 0.05) is 11.1 Å². The maximum Gasteiger partial charge on any atom is 0.258 e. The molecule has 0 saturated carbocycles. The Labute approximate surface area is 227 Å². The Morgan fingerprint density at radius 3 is 1.53 bits per heavy atom. The summed E-state index contributed by atoms with van der Waals surface area (Å²) in [6.45, 7) is 5.98. The highest BCUT2D eigenvalue weighted by Gasteiger charge is 2.11. The lowest BCUT2D eigenvalue weighted by molar-refractivity contribution is 0.304. The van der Waals surface area contributed by atoms with Crippen LogP contribution in [0.4, 0.5) is 0 Å². The number of hydrogen-bond acceptors (Lipinski definition) is 5. The summed E-state index contributed by atoms with van der Waals surface area (Å²) in [5.41, 5.74) is 4.07. The third-order valence-electron chi connectivity index (χ3n) is 6.64. The Morgan fingerprint density at radius 1 is 0.526 bits per heavy atom.